The highest BCUT2D eigenvalue weighted by Gasteiger charge is 1.99. The van der Waals surface area contributed by atoms with Crippen LogP contribution in [0.15, 0.2) is 23.3 Å². The normalized spacial score (nSPS) is 11.4. The molecule has 0 aromatic carbocycles. The van der Waals surface area contributed by atoms with Crippen LogP contribution < -0.4 is 5.73 Å². The Hall–Kier alpha value is -1.42. The maximum atomic E-state index is 5.47. The highest BCUT2D eigenvalue weighted by atomic mass is 15.1. The molecule has 4 nitrogen and oxygen atoms in total. The minimum Gasteiger partial charge on any atom is -0.366 e. The van der Waals surface area contributed by atoms with Gasteiger partial charge in [0.15, 0.2) is 0 Å². The van der Waals surface area contributed by atoms with Crippen LogP contribution in [0.3, 0.4) is 0 Å². The van der Waals surface area contributed by atoms with Gasteiger partial charge in [0.1, 0.15) is 0 Å². The van der Waals surface area contributed by atoms with Gasteiger partial charge in [-0.2, -0.15) is 0 Å². The molecule has 1 aromatic rings. The lowest BCUT2D eigenvalue weighted by molar-refractivity contribution is 0.490. The molecule has 0 unspecified atom stereocenters. The van der Waals surface area contributed by atoms with E-state index in [1.54, 1.807) is 0 Å². The van der Waals surface area contributed by atoms with Gasteiger partial charge < -0.3 is 10.6 Å². The predicted molar refractivity (Wildman–Crippen MR) is 81.4 cm³/mol. The first-order valence-electron chi connectivity index (χ1n) is 6.98. The molecule has 4 heteroatoms. The number of unbranched alkanes of at least 4 members (excludes halogenated alkanes) is 1. The zero-order valence-electron chi connectivity index (χ0n) is 12.3. The van der Waals surface area contributed by atoms with E-state index in [4.69, 9.17) is 5.73 Å². The molecule has 106 valence electrons. The molecule has 1 aromatic heterocycles. The fourth-order valence-corrected chi connectivity index (χ4v) is 1.72. The number of pyridine rings is 1. The number of hydrogen-bond donors (Lipinski definition) is 1. The molecule has 0 bridgehead atoms. The Labute approximate surface area is 116 Å². The second kappa shape index (κ2) is 8.64. The lowest BCUT2D eigenvalue weighted by atomic mass is 10.1. The number of nitrogens with two attached hydrogens (primary N) is 1. The van der Waals surface area contributed by atoms with Gasteiger partial charge in [-0.05, 0) is 36.9 Å². The molecule has 19 heavy (non-hydrogen) atoms. The summed E-state index contributed by atoms with van der Waals surface area (Å²) in [6, 6.07) is 4.19. The van der Waals surface area contributed by atoms with Crippen molar-refractivity contribution in [3.8, 4) is 0 Å². The summed E-state index contributed by atoms with van der Waals surface area (Å²) in [4.78, 5) is 11.0. The van der Waals surface area contributed by atoms with Crippen molar-refractivity contribution < 1.29 is 0 Å². The van der Waals surface area contributed by atoms with Gasteiger partial charge in [0, 0.05) is 25.5 Å². The average molecular weight is 262 g/mol. The summed E-state index contributed by atoms with van der Waals surface area (Å²) in [6.07, 6.45) is 6.00. The Balaban J connectivity index is 2.35. The predicted octanol–water partition coefficient (Wildman–Crippen LogP) is 2.40. The standard InChI is InChI=1S/C15H26N4/c1-13(2)15-7-6-14(11-18-15)10-17-12-19(3)9-5-4-8-16/h6-7,11-13H,4-5,8-10,16H2,1-3H3. The molecular formula is C15H26N4. The summed E-state index contributed by atoms with van der Waals surface area (Å²) in [5.41, 5.74) is 7.75. The van der Waals surface area contributed by atoms with Crippen molar-refractivity contribution in [2.75, 3.05) is 20.1 Å². The second-order valence-corrected chi connectivity index (χ2v) is 5.18. The Bertz CT molecular complexity index is 370. The van der Waals surface area contributed by atoms with Crippen LogP contribution in [0.5, 0.6) is 0 Å². The van der Waals surface area contributed by atoms with Crippen molar-refractivity contribution in [1.82, 2.24) is 9.88 Å². The highest BCUT2D eigenvalue weighted by molar-refractivity contribution is 5.54. The molecule has 2 N–H and O–H groups in total. The van der Waals surface area contributed by atoms with Crippen LogP contribution >= 0.6 is 0 Å². The van der Waals surface area contributed by atoms with Crippen molar-refractivity contribution >= 4 is 6.34 Å². The first-order chi connectivity index (χ1) is 9.13. The van der Waals surface area contributed by atoms with Crippen LogP contribution in [0.2, 0.25) is 0 Å². The topological polar surface area (TPSA) is 54.5 Å². The zero-order chi connectivity index (χ0) is 14.1. The molecule has 0 radical (unpaired) electrons. The number of aromatic nitrogens is 1. The summed E-state index contributed by atoms with van der Waals surface area (Å²) in [7, 11) is 2.04. The third-order valence-electron chi connectivity index (χ3n) is 2.96. The van der Waals surface area contributed by atoms with Crippen LogP contribution in [-0.2, 0) is 6.54 Å². The van der Waals surface area contributed by atoms with Gasteiger partial charge in [0.2, 0.25) is 0 Å². The summed E-state index contributed by atoms with van der Waals surface area (Å²) in [5.74, 6) is 0.478. The van der Waals surface area contributed by atoms with E-state index in [1.165, 1.54) is 0 Å². The molecule has 0 atom stereocenters. The smallest absolute Gasteiger partial charge is 0.0851 e. The van der Waals surface area contributed by atoms with E-state index in [0.29, 0.717) is 12.5 Å². The van der Waals surface area contributed by atoms with Gasteiger partial charge in [0.05, 0.1) is 12.9 Å². The van der Waals surface area contributed by atoms with Crippen LogP contribution in [0.4, 0.5) is 0 Å². The Morgan fingerprint density at radius 3 is 2.74 bits per heavy atom. The first-order valence-corrected chi connectivity index (χ1v) is 6.98. The van der Waals surface area contributed by atoms with E-state index >= 15 is 0 Å². The zero-order valence-corrected chi connectivity index (χ0v) is 12.3. The quantitative estimate of drug-likeness (QED) is 0.444. The molecular weight excluding hydrogens is 236 g/mol. The van der Waals surface area contributed by atoms with Crippen LogP contribution in [-0.4, -0.2) is 36.4 Å². The van der Waals surface area contributed by atoms with Crippen LogP contribution in [0.1, 0.15) is 43.9 Å². The number of nitrogens with zero attached hydrogens (tertiary/aromatic N) is 3. The molecule has 0 amide bonds. The number of hydrogen-bond acceptors (Lipinski definition) is 3. The molecule has 0 fully saturated rings. The van der Waals surface area contributed by atoms with Gasteiger partial charge in [-0.15, -0.1) is 0 Å². The lowest BCUT2D eigenvalue weighted by Gasteiger charge is -2.12. The van der Waals surface area contributed by atoms with Crippen molar-refractivity contribution in [1.29, 1.82) is 0 Å². The van der Waals surface area contributed by atoms with Gasteiger partial charge >= 0.3 is 0 Å². The fourth-order valence-electron chi connectivity index (χ4n) is 1.72. The van der Waals surface area contributed by atoms with Crippen molar-refractivity contribution in [2.45, 2.75) is 39.2 Å². The van der Waals surface area contributed by atoms with Gasteiger partial charge in [-0.25, -0.2) is 0 Å². The third-order valence-corrected chi connectivity index (χ3v) is 2.96. The van der Waals surface area contributed by atoms with E-state index in [-0.39, 0.29) is 0 Å². The van der Waals surface area contributed by atoms with Crippen molar-refractivity contribution in [2.24, 2.45) is 10.7 Å². The van der Waals surface area contributed by atoms with Gasteiger partial charge in [0.25, 0.3) is 0 Å². The van der Waals surface area contributed by atoms with E-state index < -0.39 is 0 Å². The monoisotopic (exact) mass is 262 g/mol. The van der Waals surface area contributed by atoms with Crippen molar-refractivity contribution in [3.05, 3.63) is 29.6 Å². The molecule has 0 saturated heterocycles. The Morgan fingerprint density at radius 1 is 1.37 bits per heavy atom. The summed E-state index contributed by atoms with van der Waals surface area (Å²) >= 11 is 0. The number of aliphatic imine (C=N–C) groups is 1. The molecule has 0 aliphatic heterocycles. The average Bonchev–Trinajstić information content (AvgIpc) is 2.39. The van der Waals surface area contributed by atoms with E-state index in [9.17, 15) is 0 Å². The maximum Gasteiger partial charge on any atom is 0.0851 e. The molecule has 1 rings (SSSR count). The first kappa shape index (κ1) is 15.6. The maximum absolute atomic E-state index is 5.47. The fraction of sp³-hybridized carbons (Fsp3) is 0.600. The van der Waals surface area contributed by atoms with Crippen LogP contribution in [0.25, 0.3) is 0 Å². The minimum absolute atomic E-state index is 0.478. The second-order valence-electron chi connectivity index (χ2n) is 5.18. The van der Waals surface area contributed by atoms with E-state index in [2.05, 4.69) is 40.9 Å². The van der Waals surface area contributed by atoms with Crippen LogP contribution in [0, 0.1) is 0 Å². The summed E-state index contributed by atoms with van der Waals surface area (Å²) < 4.78 is 0. The van der Waals surface area contributed by atoms with E-state index in [1.807, 2.05) is 19.6 Å². The molecule has 0 aliphatic rings. The Kier molecular flexibility index (Phi) is 7.11. The summed E-state index contributed by atoms with van der Waals surface area (Å²) in [5, 5.41) is 0. The lowest BCUT2D eigenvalue weighted by Crippen LogP contribution is -2.18. The van der Waals surface area contributed by atoms with Gasteiger partial charge in [-0.1, -0.05) is 19.9 Å². The van der Waals surface area contributed by atoms with E-state index in [0.717, 1.165) is 37.2 Å². The Morgan fingerprint density at radius 2 is 2.16 bits per heavy atom. The number of rotatable bonds is 8. The summed E-state index contributed by atoms with van der Waals surface area (Å²) in [6.45, 7) is 6.75. The largest absolute Gasteiger partial charge is 0.366 e. The minimum atomic E-state index is 0.478. The molecule has 0 spiro atoms. The highest BCUT2D eigenvalue weighted by Crippen LogP contribution is 2.11. The SMILES string of the molecule is CC(C)c1ccc(CN=CN(C)CCCCN)cn1. The van der Waals surface area contributed by atoms with Gasteiger partial charge in [-0.3, -0.25) is 9.98 Å². The molecule has 0 aliphatic carbocycles. The molecule has 1 heterocycles. The third kappa shape index (κ3) is 6.34. The molecule has 0 saturated carbocycles. The van der Waals surface area contributed by atoms with Crippen molar-refractivity contribution in [3.63, 3.8) is 0 Å².